The molecule has 1 amide bonds. The molecule has 0 aliphatic heterocycles. The zero-order chi connectivity index (χ0) is 19.6. The van der Waals surface area contributed by atoms with E-state index in [1.165, 1.54) is 0 Å². The van der Waals surface area contributed by atoms with E-state index in [2.05, 4.69) is 14.2 Å². The molecule has 8 nitrogen and oxygen atoms in total. The minimum absolute atomic E-state index is 0.514. The van der Waals surface area contributed by atoms with Crippen molar-refractivity contribution in [2.75, 3.05) is 7.11 Å². The molecule has 146 valence electrons. The predicted octanol–water partition coefficient (Wildman–Crippen LogP) is 1.57. The molecule has 1 aliphatic carbocycles. The van der Waals surface area contributed by atoms with E-state index in [4.69, 9.17) is 4.74 Å². The Kier molecular flexibility index (Phi) is 6.46. The summed E-state index contributed by atoms with van der Waals surface area (Å²) in [6, 6.07) is 0. The third-order valence-corrected chi connectivity index (χ3v) is 3.84. The molecule has 1 N–H and O–H groups in total. The fraction of sp³-hybridized carbons (Fsp3) is 0.846. The van der Waals surface area contributed by atoms with Gasteiger partial charge in [-0.15, -0.1) is 0 Å². The van der Waals surface area contributed by atoms with Gasteiger partial charge in [-0.3, -0.25) is 4.18 Å². The van der Waals surface area contributed by atoms with Crippen LogP contribution in [-0.4, -0.2) is 51.4 Å². The first-order valence-corrected chi connectivity index (χ1v) is 8.13. The van der Waals surface area contributed by atoms with Gasteiger partial charge >= 0.3 is 18.2 Å². The summed E-state index contributed by atoms with van der Waals surface area (Å²) < 4.78 is 73.2. The first-order valence-electron chi connectivity index (χ1n) is 7.13. The van der Waals surface area contributed by atoms with Crippen molar-refractivity contribution in [3.8, 4) is 0 Å². The number of halogens is 3. The lowest BCUT2D eigenvalue weighted by atomic mass is 9.65. The molecule has 1 saturated carbocycles. The van der Waals surface area contributed by atoms with E-state index in [0.29, 0.717) is 0 Å². The van der Waals surface area contributed by atoms with Crippen LogP contribution in [0, 0.1) is 5.92 Å². The normalized spacial score (nSPS) is 26.2. The van der Waals surface area contributed by atoms with Crippen LogP contribution < -0.4 is 5.32 Å². The first-order chi connectivity index (χ1) is 11.2. The summed E-state index contributed by atoms with van der Waals surface area (Å²) in [5, 5.41) is 2.21. The molecule has 1 aliphatic rings. The Hall–Kier alpha value is -1.40. The smallest absolute Gasteiger partial charge is 0.416 e. The first kappa shape index (κ1) is 21.6. The molecule has 0 aromatic heterocycles. The highest BCUT2D eigenvalue weighted by molar-refractivity contribution is 7.74. The summed E-state index contributed by atoms with van der Waals surface area (Å²) in [7, 11) is 1.01. The van der Waals surface area contributed by atoms with Gasteiger partial charge in [0.25, 0.3) is 0 Å². The number of rotatable bonds is 5. The fourth-order valence-electron chi connectivity index (χ4n) is 2.55. The summed E-state index contributed by atoms with van der Waals surface area (Å²) in [4.78, 5) is 23.8. The Bertz CT molecular complexity index is 541. The summed E-state index contributed by atoms with van der Waals surface area (Å²) in [5.74, 6) is -2.31. The van der Waals surface area contributed by atoms with Crippen LogP contribution in [0.1, 0.15) is 33.6 Å². The molecule has 0 aromatic rings. The molecular formula is C13H19F3NO7S-. The summed E-state index contributed by atoms with van der Waals surface area (Å²) in [6.07, 6.45) is -9.61. The van der Waals surface area contributed by atoms with Crippen LogP contribution in [0.25, 0.3) is 0 Å². The van der Waals surface area contributed by atoms with E-state index in [-0.39, 0.29) is 0 Å². The summed E-state index contributed by atoms with van der Waals surface area (Å²) in [6.45, 7) is 4.70. The van der Waals surface area contributed by atoms with Gasteiger partial charge in [-0.05, 0) is 33.6 Å². The predicted molar refractivity (Wildman–Crippen MR) is 76.7 cm³/mol. The van der Waals surface area contributed by atoms with E-state index in [0.717, 1.165) is 7.11 Å². The van der Waals surface area contributed by atoms with Crippen LogP contribution in [-0.2, 0) is 29.8 Å². The Morgan fingerprint density at radius 3 is 2.16 bits per heavy atom. The van der Waals surface area contributed by atoms with E-state index >= 15 is 0 Å². The van der Waals surface area contributed by atoms with Crippen molar-refractivity contribution in [3.63, 3.8) is 0 Å². The monoisotopic (exact) mass is 390 g/mol. The second kappa shape index (κ2) is 7.46. The Morgan fingerprint density at radius 1 is 1.28 bits per heavy atom. The lowest BCUT2D eigenvalue weighted by molar-refractivity contribution is -0.224. The molecule has 0 saturated heterocycles. The average Bonchev–Trinajstić information content (AvgIpc) is 2.35. The maximum Gasteiger partial charge on any atom is 0.416 e. The molecule has 0 spiro atoms. The van der Waals surface area contributed by atoms with Crippen LogP contribution in [0.2, 0.25) is 0 Å². The second-order valence-electron chi connectivity index (χ2n) is 6.63. The molecule has 12 heteroatoms. The van der Waals surface area contributed by atoms with E-state index in [1.807, 2.05) is 0 Å². The molecule has 25 heavy (non-hydrogen) atoms. The molecule has 2 unspecified atom stereocenters. The molecule has 0 radical (unpaired) electrons. The van der Waals surface area contributed by atoms with Crippen molar-refractivity contribution in [3.05, 3.63) is 0 Å². The number of alkyl carbamates (subject to hydrolysis) is 1. The number of carbonyl (C=O) groups excluding carboxylic acids is 2. The third-order valence-electron chi connectivity index (χ3n) is 3.47. The Labute approximate surface area is 144 Å². The number of hydrogen-bond donors (Lipinski definition) is 1. The number of amides is 1. The number of carbonyl (C=O) groups is 2. The minimum atomic E-state index is -4.96. The van der Waals surface area contributed by atoms with Gasteiger partial charge in [0.2, 0.25) is 0 Å². The van der Waals surface area contributed by atoms with Crippen LogP contribution in [0.15, 0.2) is 0 Å². The quantitative estimate of drug-likeness (QED) is 0.560. The lowest BCUT2D eigenvalue weighted by Crippen LogP contribution is -2.66. The standard InChI is InChI=1S/C13H20F3NO7S/c1-11(2,3)23-10(19)17-12(9(18)22-4)5-7(6-12)8(13(14,15)16)24-25(20)21/h7-8H,5-6H2,1-4H3,(H,17,19)(H,20,21)/p-1. The van der Waals surface area contributed by atoms with Gasteiger partial charge in [0.05, 0.1) is 18.5 Å². The topological polar surface area (TPSA) is 114 Å². The van der Waals surface area contributed by atoms with Crippen LogP contribution in [0.4, 0.5) is 18.0 Å². The van der Waals surface area contributed by atoms with Crippen LogP contribution >= 0.6 is 0 Å². The van der Waals surface area contributed by atoms with Gasteiger partial charge < -0.3 is 19.3 Å². The minimum Gasteiger partial charge on any atom is -0.750 e. The molecule has 0 aromatic carbocycles. The maximum absolute atomic E-state index is 12.9. The van der Waals surface area contributed by atoms with Gasteiger partial charge in [-0.25, -0.2) is 13.8 Å². The van der Waals surface area contributed by atoms with Gasteiger partial charge in [0.1, 0.15) is 11.1 Å². The number of esters is 1. The third kappa shape index (κ3) is 5.82. The molecule has 2 atom stereocenters. The van der Waals surface area contributed by atoms with Gasteiger partial charge in [0, 0.05) is 5.92 Å². The lowest BCUT2D eigenvalue weighted by Gasteiger charge is -2.48. The molecule has 1 fully saturated rings. The maximum atomic E-state index is 12.9. The Balaban J connectivity index is 2.90. The van der Waals surface area contributed by atoms with Crippen molar-refractivity contribution >= 4 is 23.4 Å². The largest absolute Gasteiger partial charge is 0.750 e. The number of nitrogens with one attached hydrogen (secondary N) is 1. The number of hydrogen-bond acceptors (Lipinski definition) is 7. The van der Waals surface area contributed by atoms with Gasteiger partial charge in [-0.1, -0.05) is 0 Å². The average molecular weight is 390 g/mol. The van der Waals surface area contributed by atoms with Crippen LogP contribution in [0.5, 0.6) is 0 Å². The van der Waals surface area contributed by atoms with E-state index < -0.39 is 65.6 Å². The van der Waals surface area contributed by atoms with Crippen molar-refractivity contribution in [1.29, 1.82) is 0 Å². The molecule has 0 heterocycles. The SMILES string of the molecule is COC(=O)C1(NC(=O)OC(C)(C)C)CC(C(OS(=O)[O-])C(F)(F)F)C1. The zero-order valence-electron chi connectivity index (χ0n) is 14.0. The molecule has 0 bridgehead atoms. The highest BCUT2D eigenvalue weighted by atomic mass is 32.2. The van der Waals surface area contributed by atoms with Crippen molar-refractivity contribution in [2.24, 2.45) is 5.92 Å². The highest BCUT2D eigenvalue weighted by Gasteiger charge is 2.60. The highest BCUT2D eigenvalue weighted by Crippen LogP contribution is 2.46. The van der Waals surface area contributed by atoms with Gasteiger partial charge in [0.15, 0.2) is 6.10 Å². The summed E-state index contributed by atoms with van der Waals surface area (Å²) >= 11 is -3.39. The van der Waals surface area contributed by atoms with Crippen LogP contribution in [0.3, 0.4) is 0 Å². The Morgan fingerprint density at radius 2 is 1.80 bits per heavy atom. The van der Waals surface area contributed by atoms with Crippen molar-refractivity contribution in [2.45, 2.75) is 57.0 Å². The summed E-state index contributed by atoms with van der Waals surface area (Å²) in [5.41, 5.74) is -2.62. The second-order valence-corrected chi connectivity index (χ2v) is 7.23. The van der Waals surface area contributed by atoms with Crippen molar-refractivity contribution < 1.29 is 45.2 Å². The molecular weight excluding hydrogens is 371 g/mol. The molecule has 1 rings (SSSR count). The number of methoxy groups -OCH3 is 1. The number of alkyl halides is 3. The zero-order valence-corrected chi connectivity index (χ0v) is 14.8. The van der Waals surface area contributed by atoms with Gasteiger partial charge in [-0.2, -0.15) is 13.2 Å². The number of ether oxygens (including phenoxy) is 2. The fourth-order valence-corrected chi connectivity index (χ4v) is 2.98. The van der Waals surface area contributed by atoms with E-state index in [9.17, 15) is 31.5 Å². The van der Waals surface area contributed by atoms with E-state index in [1.54, 1.807) is 20.8 Å². The van der Waals surface area contributed by atoms with Crippen molar-refractivity contribution in [1.82, 2.24) is 5.32 Å².